The molecule has 29 heavy (non-hydrogen) atoms. The highest BCUT2D eigenvalue weighted by Gasteiger charge is 2.13. The monoisotopic (exact) mass is 397 g/mol. The normalized spacial score (nSPS) is 11.1. The highest BCUT2D eigenvalue weighted by atomic mass is 16.5. The number of carbonyl (C=O) groups is 2. The second kappa shape index (κ2) is 9.96. The zero-order valence-corrected chi connectivity index (χ0v) is 17.8. The Labute approximate surface area is 173 Å². The summed E-state index contributed by atoms with van der Waals surface area (Å²) in [5.41, 5.74) is 2.57. The van der Waals surface area contributed by atoms with E-state index in [0.29, 0.717) is 12.3 Å². The summed E-state index contributed by atoms with van der Waals surface area (Å²) in [5, 5.41) is 9.08. The Bertz CT molecular complexity index is 807. The van der Waals surface area contributed by atoms with E-state index >= 15 is 0 Å². The van der Waals surface area contributed by atoms with Crippen molar-refractivity contribution >= 4 is 23.2 Å². The van der Waals surface area contributed by atoms with Crippen LogP contribution >= 0.6 is 0 Å². The smallest absolute Gasteiger partial charge is 0.258 e. The largest absolute Gasteiger partial charge is 0.484 e. The molecule has 3 N–H and O–H groups in total. The number of rotatable bonds is 8. The van der Waals surface area contributed by atoms with Crippen LogP contribution in [0.4, 0.5) is 11.4 Å². The summed E-state index contributed by atoms with van der Waals surface area (Å²) in [4.78, 5) is 23.5. The van der Waals surface area contributed by atoms with E-state index in [-0.39, 0.29) is 29.9 Å². The molecule has 6 nitrogen and oxygen atoms in total. The molecule has 0 unspecified atom stereocenters. The number of benzene rings is 2. The van der Waals surface area contributed by atoms with Crippen LogP contribution in [0, 0.1) is 5.92 Å². The van der Waals surface area contributed by atoms with Gasteiger partial charge in [0.15, 0.2) is 6.61 Å². The van der Waals surface area contributed by atoms with E-state index in [0.717, 1.165) is 16.9 Å². The average molecular weight is 398 g/mol. The van der Waals surface area contributed by atoms with E-state index < -0.39 is 0 Å². The molecular formula is C23H31N3O3. The predicted molar refractivity (Wildman–Crippen MR) is 117 cm³/mol. The van der Waals surface area contributed by atoms with Gasteiger partial charge in [-0.15, -0.1) is 0 Å². The molecule has 0 spiro atoms. The molecule has 0 bridgehead atoms. The fraction of sp³-hybridized carbons (Fsp3) is 0.391. The molecule has 2 rings (SSSR count). The van der Waals surface area contributed by atoms with Gasteiger partial charge >= 0.3 is 0 Å². The van der Waals surface area contributed by atoms with Gasteiger partial charge in [0.1, 0.15) is 5.75 Å². The lowest BCUT2D eigenvalue weighted by Gasteiger charge is -2.20. The van der Waals surface area contributed by atoms with Gasteiger partial charge in [-0.3, -0.25) is 9.59 Å². The number of anilines is 2. The van der Waals surface area contributed by atoms with Crippen molar-refractivity contribution in [1.82, 2.24) is 5.32 Å². The van der Waals surface area contributed by atoms with Crippen LogP contribution in [0.1, 0.15) is 40.2 Å². The Morgan fingerprint density at radius 1 is 0.931 bits per heavy atom. The molecule has 0 heterocycles. The Kier molecular flexibility index (Phi) is 7.65. The van der Waals surface area contributed by atoms with Crippen molar-refractivity contribution in [2.75, 3.05) is 17.2 Å². The fourth-order valence-corrected chi connectivity index (χ4v) is 2.47. The third kappa shape index (κ3) is 8.25. The van der Waals surface area contributed by atoms with Crippen LogP contribution in [0.25, 0.3) is 0 Å². The third-order valence-electron chi connectivity index (χ3n) is 3.98. The van der Waals surface area contributed by atoms with E-state index in [1.807, 2.05) is 83.1 Å². The molecule has 0 aliphatic carbocycles. The lowest BCUT2D eigenvalue weighted by molar-refractivity contribution is -0.124. The Morgan fingerprint density at radius 2 is 1.52 bits per heavy atom. The zero-order valence-electron chi connectivity index (χ0n) is 17.8. The van der Waals surface area contributed by atoms with Crippen molar-refractivity contribution in [3.05, 3.63) is 54.1 Å². The van der Waals surface area contributed by atoms with Gasteiger partial charge in [-0.25, -0.2) is 0 Å². The first kappa shape index (κ1) is 22.3. The summed E-state index contributed by atoms with van der Waals surface area (Å²) in [5.74, 6) is 0.468. The number of amides is 2. The third-order valence-corrected chi connectivity index (χ3v) is 3.98. The minimum absolute atomic E-state index is 0.00362. The maximum atomic E-state index is 11.8. The van der Waals surface area contributed by atoms with E-state index in [4.69, 9.17) is 4.74 Å². The van der Waals surface area contributed by atoms with E-state index in [1.54, 1.807) is 0 Å². The number of ether oxygens (including phenoxy) is 1. The van der Waals surface area contributed by atoms with Crippen molar-refractivity contribution in [1.29, 1.82) is 0 Å². The molecule has 0 saturated heterocycles. The van der Waals surface area contributed by atoms with Gasteiger partial charge in [0, 0.05) is 29.4 Å². The molecule has 2 aromatic carbocycles. The van der Waals surface area contributed by atoms with Crippen LogP contribution in [0.5, 0.6) is 5.75 Å². The van der Waals surface area contributed by atoms with Crippen LogP contribution in [-0.2, 0) is 16.1 Å². The molecule has 2 amide bonds. The maximum Gasteiger partial charge on any atom is 0.258 e. The fourth-order valence-electron chi connectivity index (χ4n) is 2.47. The van der Waals surface area contributed by atoms with E-state index in [9.17, 15) is 9.59 Å². The molecule has 0 radical (unpaired) electrons. The Morgan fingerprint density at radius 3 is 2.07 bits per heavy atom. The number of hydrogen-bond donors (Lipinski definition) is 3. The van der Waals surface area contributed by atoms with E-state index in [1.165, 1.54) is 0 Å². The molecule has 6 heteroatoms. The van der Waals surface area contributed by atoms with Crippen molar-refractivity contribution in [2.45, 2.75) is 46.7 Å². The summed E-state index contributed by atoms with van der Waals surface area (Å²) in [7, 11) is 0. The average Bonchev–Trinajstić information content (AvgIpc) is 2.65. The molecule has 0 atom stereocenters. The van der Waals surface area contributed by atoms with Gasteiger partial charge in [0.25, 0.3) is 5.91 Å². The molecular weight excluding hydrogens is 366 g/mol. The van der Waals surface area contributed by atoms with Gasteiger partial charge in [0.05, 0.1) is 0 Å². The first-order valence-electron chi connectivity index (χ1n) is 9.80. The van der Waals surface area contributed by atoms with Crippen molar-refractivity contribution in [3.8, 4) is 5.75 Å². The van der Waals surface area contributed by atoms with Gasteiger partial charge in [-0.05, 0) is 62.7 Å². The molecule has 0 saturated carbocycles. The highest BCUT2D eigenvalue weighted by molar-refractivity contribution is 5.92. The van der Waals surface area contributed by atoms with Gasteiger partial charge < -0.3 is 20.7 Å². The summed E-state index contributed by atoms with van der Waals surface area (Å²) in [6, 6.07) is 15.2. The van der Waals surface area contributed by atoms with Gasteiger partial charge in [0.2, 0.25) is 5.91 Å². The molecule has 0 fully saturated rings. The predicted octanol–water partition coefficient (Wildman–Crippen LogP) is 4.19. The van der Waals surface area contributed by atoms with Crippen molar-refractivity contribution in [3.63, 3.8) is 0 Å². The summed E-state index contributed by atoms with van der Waals surface area (Å²) in [6.07, 6.45) is 0. The minimum Gasteiger partial charge on any atom is -0.484 e. The lowest BCUT2D eigenvalue weighted by atomic mass is 10.1. The molecule has 2 aromatic rings. The topological polar surface area (TPSA) is 79.5 Å². The van der Waals surface area contributed by atoms with Crippen molar-refractivity contribution < 1.29 is 14.3 Å². The second-order valence-electron chi connectivity index (χ2n) is 8.31. The molecule has 156 valence electrons. The standard InChI is InChI=1S/C23H31N3O3/c1-16(2)22(28)25-19-10-8-18(9-11-19)24-14-17-6-12-20(13-7-17)29-15-21(27)26-23(3,4)5/h6-13,16,24H,14-15H2,1-5H3,(H,25,28)(H,26,27). The summed E-state index contributed by atoms with van der Waals surface area (Å²) in [6.45, 7) is 10.2. The SMILES string of the molecule is CC(C)C(=O)Nc1ccc(NCc2ccc(OCC(=O)NC(C)(C)C)cc2)cc1. The Balaban J connectivity index is 1.80. The minimum atomic E-state index is -0.270. The quantitative estimate of drug-likeness (QED) is 0.624. The van der Waals surface area contributed by atoms with Crippen LogP contribution < -0.4 is 20.7 Å². The first-order valence-corrected chi connectivity index (χ1v) is 9.80. The van der Waals surface area contributed by atoms with Gasteiger partial charge in [-0.2, -0.15) is 0 Å². The number of carbonyl (C=O) groups excluding carboxylic acids is 2. The molecule has 0 aromatic heterocycles. The lowest BCUT2D eigenvalue weighted by Crippen LogP contribution is -2.43. The highest BCUT2D eigenvalue weighted by Crippen LogP contribution is 2.17. The number of hydrogen-bond acceptors (Lipinski definition) is 4. The summed E-state index contributed by atoms with van der Waals surface area (Å²) >= 11 is 0. The molecule has 0 aliphatic heterocycles. The van der Waals surface area contributed by atoms with Crippen LogP contribution in [0.3, 0.4) is 0 Å². The van der Waals surface area contributed by atoms with Crippen LogP contribution in [0.15, 0.2) is 48.5 Å². The zero-order chi connectivity index (χ0) is 21.4. The number of nitrogens with one attached hydrogen (secondary N) is 3. The van der Waals surface area contributed by atoms with Crippen molar-refractivity contribution in [2.24, 2.45) is 5.92 Å². The van der Waals surface area contributed by atoms with Crippen LogP contribution in [-0.4, -0.2) is 24.0 Å². The molecule has 0 aliphatic rings. The Hall–Kier alpha value is -3.02. The maximum absolute atomic E-state index is 11.8. The second-order valence-corrected chi connectivity index (χ2v) is 8.31. The van der Waals surface area contributed by atoms with Gasteiger partial charge in [-0.1, -0.05) is 26.0 Å². The first-order chi connectivity index (χ1) is 13.6. The van der Waals surface area contributed by atoms with Crippen LogP contribution in [0.2, 0.25) is 0 Å². The summed E-state index contributed by atoms with van der Waals surface area (Å²) < 4.78 is 5.53. The van der Waals surface area contributed by atoms with E-state index in [2.05, 4.69) is 16.0 Å².